The molecule has 0 aliphatic rings. The van der Waals surface area contributed by atoms with Crippen molar-refractivity contribution < 1.29 is 71.9 Å². The second kappa shape index (κ2) is 5.98. The maximum absolute atomic E-state index is 9.63. The zero-order valence-corrected chi connectivity index (χ0v) is 8.54. The van der Waals surface area contributed by atoms with Gasteiger partial charge in [-0.05, 0) is 0 Å². The average molecular weight is 237 g/mol. The molecule has 0 rings (SSSR count). The van der Waals surface area contributed by atoms with Gasteiger partial charge in [0, 0.05) is 18.6 Å². The molecule has 4 N–H and O–H groups in total. The average Bonchev–Trinajstić information content (AvgIpc) is 1.14. The molecule has 63 valence electrons. The van der Waals surface area contributed by atoms with Crippen molar-refractivity contribution in [1.82, 2.24) is 0 Å². The Hall–Kier alpha value is 1.44. The molecule has 0 aromatic rings. The van der Waals surface area contributed by atoms with Crippen LogP contribution in [0.25, 0.3) is 0 Å². The normalized spacial score (nSPS) is 11.3. The van der Waals surface area contributed by atoms with Crippen molar-refractivity contribution >= 4 is 15.6 Å². The smallest absolute Gasteiger partial charge is 1.00 e. The van der Waals surface area contributed by atoms with Crippen molar-refractivity contribution in [3.8, 4) is 0 Å². The molecule has 0 saturated heterocycles. The summed E-state index contributed by atoms with van der Waals surface area (Å²) in [5.74, 6) is 0. The molecule has 0 bridgehead atoms. The van der Waals surface area contributed by atoms with Gasteiger partial charge < -0.3 is 21.0 Å². The first-order chi connectivity index (χ1) is 3.71. The fraction of sp³-hybridized carbons (Fsp3) is 0. The van der Waals surface area contributed by atoms with Crippen molar-refractivity contribution in [3.05, 3.63) is 0 Å². The van der Waals surface area contributed by atoms with Crippen LogP contribution in [-0.4, -0.2) is 19.6 Å². The van der Waals surface area contributed by atoms with Crippen LogP contribution in [0.4, 0.5) is 0 Å². The van der Waals surface area contributed by atoms with Gasteiger partial charge in [-0.15, -0.1) is 0 Å². The Kier molecular flexibility index (Phi) is 9.94. The van der Waals surface area contributed by atoms with Gasteiger partial charge >= 0.3 is 34.5 Å². The van der Waals surface area contributed by atoms with E-state index in [9.17, 15) is 9.13 Å². The number of rotatable bonds is 2. The van der Waals surface area contributed by atoms with Gasteiger partial charge in [0.05, 0.1) is 0 Å². The molecule has 0 saturated carbocycles. The third kappa shape index (κ3) is 18.4. The first-order valence-corrected chi connectivity index (χ1v) is 4.59. The molecule has 0 aromatic heterocycles. The first-order valence-electron chi connectivity index (χ1n) is 1.53. The first kappa shape index (κ1) is 18.3. The molecule has 0 unspecified atom stereocenters. The quantitative estimate of drug-likeness (QED) is 0.287. The van der Waals surface area contributed by atoms with Crippen LogP contribution in [0.2, 0.25) is 0 Å². The van der Waals surface area contributed by atoms with E-state index in [-0.39, 0.29) is 38.8 Å². The van der Waals surface area contributed by atoms with E-state index in [1.54, 1.807) is 0 Å². The minimum absolute atomic E-state index is 0. The summed E-state index contributed by atoms with van der Waals surface area (Å²) in [6.07, 6.45) is 0. The fourth-order valence-corrected chi connectivity index (χ4v) is 1.25. The van der Waals surface area contributed by atoms with Gasteiger partial charge in [-0.25, -0.2) is 9.13 Å². The molecule has 7 nitrogen and oxygen atoms in total. The summed E-state index contributed by atoms with van der Waals surface area (Å²) in [6.45, 7) is 0. The Morgan fingerprint density at radius 1 is 1.00 bits per heavy atom. The molecule has 1 radical (unpaired) electrons. The Bertz CT molecular complexity index is 162. The van der Waals surface area contributed by atoms with Crippen LogP contribution < -0.4 is 18.9 Å². The molecule has 0 amide bonds. The zero-order chi connectivity index (χ0) is 7.71. The van der Waals surface area contributed by atoms with Gasteiger partial charge in [0.15, 0.2) is 0 Å². The van der Waals surface area contributed by atoms with Crippen LogP contribution in [0.5, 0.6) is 0 Å². The van der Waals surface area contributed by atoms with Crippen molar-refractivity contribution in [3.63, 3.8) is 0 Å². The van der Waals surface area contributed by atoms with Crippen molar-refractivity contribution in [2.45, 2.75) is 0 Å². The van der Waals surface area contributed by atoms with Crippen LogP contribution in [0.3, 0.4) is 0 Å². The molecule has 11 heteroatoms. The molecular weight excluding hydrogens is 232 g/mol. The molecule has 0 atom stereocenters. The number of hydrogen-bond donors (Lipinski definition) is 4. The van der Waals surface area contributed by atoms with Gasteiger partial charge in [0.2, 0.25) is 0 Å². The van der Waals surface area contributed by atoms with Crippen LogP contribution in [0.15, 0.2) is 0 Å². The molecule has 0 heterocycles. The van der Waals surface area contributed by atoms with E-state index in [0.29, 0.717) is 0 Å². The summed E-state index contributed by atoms with van der Waals surface area (Å²) in [6, 6.07) is 0. The standard InChI is InChI=1S/Li.H4O7P2.V.H/c;1-8(2,3)7-9(4,5)6;;/h;(H2,1,2,3)(H2,4,5,6);;/q+1;;;-1. The molecule has 0 fully saturated rings. The van der Waals surface area contributed by atoms with Crippen LogP contribution in [-0.2, 0) is 32.0 Å². The van der Waals surface area contributed by atoms with E-state index in [0.717, 1.165) is 0 Å². The van der Waals surface area contributed by atoms with E-state index < -0.39 is 15.6 Å². The molecule has 0 aliphatic heterocycles. The van der Waals surface area contributed by atoms with Crippen LogP contribution >= 0.6 is 15.6 Å². The Morgan fingerprint density at radius 2 is 1.18 bits per heavy atom. The fourth-order valence-electron chi connectivity index (χ4n) is 0.139. The Morgan fingerprint density at radius 3 is 1.18 bits per heavy atom. The number of phosphoric acid groups is 2. The zero-order valence-electron chi connectivity index (χ0n) is 6.36. The van der Waals surface area contributed by atoms with Crippen molar-refractivity contribution in [1.29, 1.82) is 0 Å². The number of hydrogen-bond acceptors (Lipinski definition) is 3. The summed E-state index contributed by atoms with van der Waals surface area (Å²) in [4.78, 5) is 31.0. The predicted molar refractivity (Wildman–Crippen MR) is 26.3 cm³/mol. The predicted octanol–water partition coefficient (Wildman–Crippen LogP) is -3.70. The maximum Gasteiger partial charge on any atom is 1.00 e. The molecular formula is H5LiO7P2V. The van der Waals surface area contributed by atoms with E-state index in [1.807, 2.05) is 0 Å². The summed E-state index contributed by atoms with van der Waals surface area (Å²) >= 11 is 0. The van der Waals surface area contributed by atoms with Crippen LogP contribution in [0, 0.1) is 0 Å². The van der Waals surface area contributed by atoms with E-state index in [1.165, 1.54) is 0 Å². The summed E-state index contributed by atoms with van der Waals surface area (Å²) in [5.41, 5.74) is 0. The van der Waals surface area contributed by atoms with Gasteiger partial charge in [0.1, 0.15) is 0 Å². The molecule has 0 aromatic carbocycles. The van der Waals surface area contributed by atoms with E-state index in [2.05, 4.69) is 4.31 Å². The topological polar surface area (TPSA) is 124 Å². The minimum atomic E-state index is -5.05. The second-order valence-electron chi connectivity index (χ2n) is 1.06. The molecule has 11 heavy (non-hydrogen) atoms. The van der Waals surface area contributed by atoms with E-state index >= 15 is 0 Å². The third-order valence-electron chi connectivity index (χ3n) is 0.213. The van der Waals surface area contributed by atoms with Gasteiger partial charge in [-0.1, -0.05) is 0 Å². The Labute approximate surface area is 87.6 Å². The van der Waals surface area contributed by atoms with Gasteiger partial charge in [0.25, 0.3) is 0 Å². The summed E-state index contributed by atoms with van der Waals surface area (Å²) in [7, 11) is -10.1. The van der Waals surface area contributed by atoms with Crippen molar-refractivity contribution in [2.24, 2.45) is 0 Å². The SMILES string of the molecule is O=P(O)(O)OP(=O)(O)O.[H-].[Li+].[V]. The molecule has 0 spiro atoms. The maximum atomic E-state index is 9.63. The summed E-state index contributed by atoms with van der Waals surface area (Å²) in [5, 5.41) is 0. The van der Waals surface area contributed by atoms with E-state index in [4.69, 9.17) is 19.6 Å². The third-order valence-corrected chi connectivity index (χ3v) is 1.91. The minimum Gasteiger partial charge on any atom is -1.00 e. The van der Waals surface area contributed by atoms with Crippen molar-refractivity contribution in [2.75, 3.05) is 0 Å². The largest absolute Gasteiger partial charge is 1.00 e. The molecule has 0 aliphatic carbocycles. The van der Waals surface area contributed by atoms with Gasteiger partial charge in [-0.2, -0.15) is 4.31 Å². The second-order valence-corrected chi connectivity index (χ2v) is 3.68. The monoisotopic (exact) mass is 237 g/mol. The Balaban J connectivity index is -0.000000107. The van der Waals surface area contributed by atoms with Crippen LogP contribution in [0.1, 0.15) is 1.43 Å². The summed E-state index contributed by atoms with van der Waals surface area (Å²) < 4.78 is 22.2. The van der Waals surface area contributed by atoms with Gasteiger partial charge in [-0.3, -0.25) is 0 Å².